The Kier molecular flexibility index (Phi) is 4.63. The van der Waals surface area contributed by atoms with Gasteiger partial charge in [-0.25, -0.2) is 4.39 Å². The van der Waals surface area contributed by atoms with E-state index in [0.717, 1.165) is 29.8 Å². The molecule has 0 aliphatic heterocycles. The van der Waals surface area contributed by atoms with Gasteiger partial charge in [-0.2, -0.15) is 13.2 Å². The lowest BCUT2D eigenvalue weighted by atomic mass is 9.98. The van der Waals surface area contributed by atoms with E-state index in [1.54, 1.807) is 12.1 Å². The highest BCUT2D eigenvalue weighted by atomic mass is 19.4. The summed E-state index contributed by atoms with van der Waals surface area (Å²) in [6.45, 7) is 3.31. The molecule has 0 atom stereocenters. The van der Waals surface area contributed by atoms with E-state index >= 15 is 0 Å². The number of benzene rings is 2. The van der Waals surface area contributed by atoms with Crippen LogP contribution >= 0.6 is 0 Å². The van der Waals surface area contributed by atoms with Crippen LogP contribution in [0.2, 0.25) is 0 Å². The Balaban J connectivity index is 2.41. The third-order valence-corrected chi connectivity index (χ3v) is 3.17. The van der Waals surface area contributed by atoms with E-state index in [2.05, 4.69) is 5.32 Å². The highest BCUT2D eigenvalue weighted by Gasteiger charge is 2.33. The van der Waals surface area contributed by atoms with Crippen molar-refractivity contribution in [1.82, 2.24) is 5.32 Å². The molecule has 0 radical (unpaired) electrons. The smallest absolute Gasteiger partial charge is 0.313 e. The van der Waals surface area contributed by atoms with Crippen LogP contribution in [0.4, 0.5) is 17.6 Å². The van der Waals surface area contributed by atoms with Crippen LogP contribution in [0.1, 0.15) is 18.1 Å². The van der Waals surface area contributed by atoms with E-state index in [4.69, 9.17) is 0 Å². The highest BCUT2D eigenvalue weighted by molar-refractivity contribution is 5.67. The van der Waals surface area contributed by atoms with Crippen LogP contribution in [-0.2, 0) is 12.7 Å². The molecule has 0 bridgehead atoms. The molecule has 2 aromatic rings. The summed E-state index contributed by atoms with van der Waals surface area (Å²) in [6, 6.07) is 10.3. The number of nitrogens with one attached hydrogen (secondary N) is 1. The average Bonchev–Trinajstić information content (AvgIpc) is 2.44. The first kappa shape index (κ1) is 15.5. The summed E-state index contributed by atoms with van der Waals surface area (Å²) in [5, 5.41) is 3.15. The highest BCUT2D eigenvalue weighted by Crippen LogP contribution is 2.34. The summed E-state index contributed by atoms with van der Waals surface area (Å²) < 4.78 is 51.4. The second-order valence-electron chi connectivity index (χ2n) is 4.63. The first-order valence-corrected chi connectivity index (χ1v) is 6.59. The van der Waals surface area contributed by atoms with Crippen molar-refractivity contribution < 1.29 is 17.6 Å². The zero-order valence-electron chi connectivity index (χ0n) is 11.5. The van der Waals surface area contributed by atoms with Crippen LogP contribution in [0.3, 0.4) is 0 Å². The summed E-state index contributed by atoms with van der Waals surface area (Å²) in [4.78, 5) is 0. The largest absolute Gasteiger partial charge is 0.419 e. The Morgan fingerprint density at radius 2 is 1.76 bits per heavy atom. The molecule has 0 aliphatic rings. The lowest BCUT2D eigenvalue weighted by Crippen LogP contribution is -2.12. The minimum Gasteiger partial charge on any atom is -0.313 e. The predicted octanol–water partition coefficient (Wildman–Crippen LogP) is 4.62. The maximum Gasteiger partial charge on any atom is 0.419 e. The predicted molar refractivity (Wildman–Crippen MR) is 74.2 cm³/mol. The Morgan fingerprint density at radius 3 is 2.38 bits per heavy atom. The van der Waals surface area contributed by atoms with Gasteiger partial charge in [0.25, 0.3) is 0 Å². The maximum absolute atomic E-state index is 13.7. The van der Waals surface area contributed by atoms with Crippen molar-refractivity contribution in [3.05, 3.63) is 59.4 Å². The summed E-state index contributed by atoms with van der Waals surface area (Å²) in [6.07, 6.45) is -4.67. The molecular formula is C16H15F4N. The van der Waals surface area contributed by atoms with Gasteiger partial charge >= 0.3 is 6.18 Å². The molecule has 0 amide bonds. The first-order chi connectivity index (χ1) is 9.93. The topological polar surface area (TPSA) is 12.0 Å². The molecule has 0 spiro atoms. The quantitative estimate of drug-likeness (QED) is 0.812. The molecule has 2 aromatic carbocycles. The lowest BCUT2D eigenvalue weighted by molar-refractivity contribution is -0.139. The van der Waals surface area contributed by atoms with Crippen molar-refractivity contribution in [3.63, 3.8) is 0 Å². The monoisotopic (exact) mass is 297 g/mol. The molecule has 21 heavy (non-hydrogen) atoms. The van der Waals surface area contributed by atoms with Crippen molar-refractivity contribution >= 4 is 0 Å². The van der Waals surface area contributed by atoms with Gasteiger partial charge in [0.15, 0.2) is 0 Å². The van der Waals surface area contributed by atoms with Crippen LogP contribution < -0.4 is 5.32 Å². The summed E-state index contributed by atoms with van der Waals surface area (Å²) in [7, 11) is 0. The van der Waals surface area contributed by atoms with Gasteiger partial charge in [-0.15, -0.1) is 0 Å². The third kappa shape index (κ3) is 3.61. The van der Waals surface area contributed by atoms with E-state index in [1.165, 1.54) is 6.07 Å². The van der Waals surface area contributed by atoms with Crippen LogP contribution in [-0.4, -0.2) is 6.54 Å². The zero-order valence-corrected chi connectivity index (χ0v) is 11.5. The number of hydrogen-bond acceptors (Lipinski definition) is 1. The van der Waals surface area contributed by atoms with Crippen molar-refractivity contribution in [2.24, 2.45) is 0 Å². The Morgan fingerprint density at radius 1 is 1.05 bits per heavy atom. The molecule has 0 unspecified atom stereocenters. The molecule has 2 rings (SSSR count). The fourth-order valence-corrected chi connectivity index (χ4v) is 2.13. The molecule has 0 saturated carbocycles. The molecule has 0 fully saturated rings. The molecular weight excluding hydrogens is 282 g/mol. The minimum atomic E-state index is -4.67. The van der Waals surface area contributed by atoms with Gasteiger partial charge in [-0.3, -0.25) is 0 Å². The Hall–Kier alpha value is -1.88. The number of hydrogen-bond donors (Lipinski definition) is 1. The van der Waals surface area contributed by atoms with E-state index in [-0.39, 0.29) is 0 Å². The molecule has 0 heterocycles. The van der Waals surface area contributed by atoms with Crippen LogP contribution in [0.15, 0.2) is 42.5 Å². The zero-order chi connectivity index (χ0) is 15.5. The second kappa shape index (κ2) is 6.26. The number of halogens is 4. The molecule has 5 heteroatoms. The minimum absolute atomic E-state index is 0.439. The van der Waals surface area contributed by atoms with Crippen LogP contribution in [0, 0.1) is 5.82 Å². The van der Waals surface area contributed by atoms with E-state index in [9.17, 15) is 17.6 Å². The normalized spacial score (nSPS) is 11.7. The van der Waals surface area contributed by atoms with Gasteiger partial charge in [0.05, 0.1) is 5.56 Å². The SMILES string of the molecule is CCNCc1ccccc1-c1ccc(C(F)(F)F)c(F)c1. The molecule has 1 N–H and O–H groups in total. The Bertz CT molecular complexity index is 620. The van der Waals surface area contributed by atoms with E-state index in [0.29, 0.717) is 12.1 Å². The summed E-state index contributed by atoms with van der Waals surface area (Å²) in [5.74, 6) is -1.25. The van der Waals surface area contributed by atoms with Crippen molar-refractivity contribution in [2.75, 3.05) is 6.54 Å². The Labute approximate surface area is 120 Å². The fraction of sp³-hybridized carbons (Fsp3) is 0.250. The molecule has 112 valence electrons. The second-order valence-corrected chi connectivity index (χ2v) is 4.63. The van der Waals surface area contributed by atoms with E-state index < -0.39 is 17.6 Å². The van der Waals surface area contributed by atoms with Gasteiger partial charge in [0.2, 0.25) is 0 Å². The average molecular weight is 297 g/mol. The van der Waals surface area contributed by atoms with E-state index in [1.807, 2.05) is 19.1 Å². The molecule has 1 nitrogen and oxygen atoms in total. The lowest BCUT2D eigenvalue weighted by Gasteiger charge is -2.12. The van der Waals surface area contributed by atoms with Gasteiger partial charge in [-0.1, -0.05) is 37.3 Å². The van der Waals surface area contributed by atoms with Gasteiger partial charge in [0.1, 0.15) is 5.82 Å². The molecule has 0 aromatic heterocycles. The summed E-state index contributed by atoms with van der Waals surface area (Å²) in [5.41, 5.74) is 0.842. The van der Waals surface area contributed by atoms with Gasteiger partial charge in [0, 0.05) is 6.54 Å². The van der Waals surface area contributed by atoms with Gasteiger partial charge in [-0.05, 0) is 35.4 Å². The van der Waals surface area contributed by atoms with Crippen molar-refractivity contribution in [2.45, 2.75) is 19.6 Å². The maximum atomic E-state index is 13.7. The van der Waals surface area contributed by atoms with Crippen molar-refractivity contribution in [1.29, 1.82) is 0 Å². The molecule has 0 aliphatic carbocycles. The molecule has 0 saturated heterocycles. The number of rotatable bonds is 4. The number of alkyl halides is 3. The first-order valence-electron chi connectivity index (χ1n) is 6.59. The summed E-state index contributed by atoms with van der Waals surface area (Å²) >= 11 is 0. The van der Waals surface area contributed by atoms with Crippen LogP contribution in [0.25, 0.3) is 11.1 Å². The fourth-order valence-electron chi connectivity index (χ4n) is 2.13. The van der Waals surface area contributed by atoms with Crippen molar-refractivity contribution in [3.8, 4) is 11.1 Å². The standard InChI is InChI=1S/C16H15F4N/c1-2-21-10-12-5-3-4-6-13(12)11-7-8-14(15(17)9-11)16(18,19)20/h3-9,21H,2,10H2,1H3. The van der Waals surface area contributed by atoms with Gasteiger partial charge < -0.3 is 5.32 Å². The third-order valence-electron chi connectivity index (χ3n) is 3.17. The van der Waals surface area contributed by atoms with Crippen LogP contribution in [0.5, 0.6) is 0 Å².